The topological polar surface area (TPSA) is 982 Å². The molecule has 142 heavy (non-hydrogen) atoms. The van der Waals surface area contributed by atoms with Crippen LogP contribution in [0.2, 0.25) is 0 Å². The van der Waals surface area contributed by atoms with Gasteiger partial charge in [-0.15, -0.1) is 0 Å². The second kappa shape index (κ2) is 53.6. The van der Waals surface area contributed by atoms with E-state index in [0.717, 1.165) is 26.4 Å². The van der Waals surface area contributed by atoms with Gasteiger partial charge in [0.25, 0.3) is 0 Å². The van der Waals surface area contributed by atoms with Gasteiger partial charge in [-0.05, 0) is 49.2 Å². The summed E-state index contributed by atoms with van der Waals surface area (Å²) >= 11 is 1.74. The Hall–Kier alpha value is -7.22. The van der Waals surface area contributed by atoms with E-state index in [1.165, 1.54) is 58.0 Å². The Morgan fingerprint density at radius 3 is 1.27 bits per heavy atom. The van der Waals surface area contributed by atoms with Crippen molar-refractivity contribution in [2.24, 2.45) is 0 Å². The largest absolute Gasteiger partial charge is 0.479 e. The molecule has 8 rings (SSSR count). The van der Waals surface area contributed by atoms with Gasteiger partial charge in [0.1, 0.15) is 110 Å². The smallest absolute Gasteiger partial charge is 0.397 e. The van der Waals surface area contributed by atoms with Crippen molar-refractivity contribution in [2.45, 2.75) is 234 Å². The molecule has 6 aliphatic rings. The maximum atomic E-state index is 13.7. The first-order chi connectivity index (χ1) is 66.2. The number of hydrogen-bond donors (Lipinski definition) is 30. The summed E-state index contributed by atoms with van der Waals surface area (Å²) in [4.78, 5) is 91.9. The zero-order valence-electron chi connectivity index (χ0n) is 74.2. The first kappa shape index (κ1) is 120. The lowest BCUT2D eigenvalue weighted by Gasteiger charge is -2.47. The van der Waals surface area contributed by atoms with Crippen molar-refractivity contribution in [3.05, 3.63) is 48.5 Å². The standard InChI is InChI=1S/C71H113N11O53S7/c1-122-57-39(27-126-139(110,111)112)128-67(47(53(57)95)80-137(104,105)106)130-59-55(97)61(134-141(116,117)118)69(132-63(59)65(99)100)124-25-37(85)51(93)49(91)35(83)23-74-30-7-5-9-32(21-30)76-44(89)14-18-82(20-17-73-43(88)13-16-72-42(87)12-4-3-11-41-46-34(29-136-41)78-71(103)79-46)19-15-45(90)77-33-10-6-8-31(22-33)75-24-36(84)50(92)52(94)38(86)26-125-70-62(135-142(119,120)121)56(98)60(64(133-70)66(101)102)131-68-48(81-138(107,108)109)54(96)58(123-2)40(129-68)28-127-140(113,114)115/h5-10,21-22,34-41,46-64,67-70,74-75,80-81,83-86,91-98H,3-4,11-20,23-29H2,1-2H3,(H,72,87)(H,73,88)(H,76,89)(H,77,90)(H,99,100)(H,101,102)(H2,78,79,103)(H,104,105,106)(H,107,108,109)(H,110,111,112)(H,113,114,115)(H,116,117,118)(H,119,120,121)/t34-,35?,36?,37?,38?,39?,40?,41?,46-,47?,48?,49-,50-,51+,52+,53-,54-,55+,56+,57+,58+,59-,60-,61?,62?,63?,64?,67+,68+,69-,70-/m1/s1. The Balaban J connectivity index is 0.843. The summed E-state index contributed by atoms with van der Waals surface area (Å²) < 4.78 is 272. The number of nitrogens with one attached hydrogen (secondary N) is 10. The van der Waals surface area contributed by atoms with E-state index >= 15 is 0 Å². The number of unbranched alkanes of at least 4 members (excludes halogenated alkanes) is 1. The number of thioether (sulfide) groups is 1. The summed E-state index contributed by atoms with van der Waals surface area (Å²) in [5.41, 5.74) is 0.519. The van der Waals surface area contributed by atoms with E-state index < -0.39 is 303 Å². The van der Waals surface area contributed by atoms with E-state index in [9.17, 15) is 174 Å². The molecule has 6 amide bonds. The SMILES string of the molecule is CO[C@H]1C(COS(=O)(=O)O)O[C@@H](O[C@H]2C(C(=O)O)O[C@@H](OCC(O)[C@H](O)[C@H](O)C(O)CNc3cccc(NC(=O)CCN(CCNC(=O)CCNC(=O)CCCCC4SC[C@H]5NC(=O)N[C@@H]45)CCC(=O)Nc4cccc(NCC(O)[C@@H](O)[C@@H](O)C(O)CO[C@@H]5OC(C(=O)O)[C@H](O[C@@H]6OC(COS(=O)(=O)O)[C@H](OC)[C@H](O)C6NS(=O)(=O)O)[C@H](O)C5OS(=O)(=O)O)c4)c3)C(OS(=O)(=O)O)[C@H]2O)C(NS(=O)(=O)O)[C@H]1O. The normalized spacial score (nSPS) is 29.6. The van der Waals surface area contributed by atoms with Crippen molar-refractivity contribution in [3.63, 3.8) is 0 Å². The molecule has 71 heteroatoms. The summed E-state index contributed by atoms with van der Waals surface area (Å²) in [6, 6.07) is 6.42. The fourth-order valence-corrected chi connectivity index (χ4v) is 19.6. The molecule has 0 bridgehead atoms. The molecular formula is C71H113N11O53S7. The van der Waals surface area contributed by atoms with Crippen LogP contribution in [0.4, 0.5) is 27.5 Å². The van der Waals surface area contributed by atoms with Crippen LogP contribution < -0.4 is 52.0 Å². The van der Waals surface area contributed by atoms with Gasteiger partial charge in [0.15, 0.2) is 49.6 Å². The number of carbonyl (C=O) groups is 7. The van der Waals surface area contributed by atoms with Gasteiger partial charge in [-0.3, -0.25) is 46.5 Å². The molecule has 0 saturated carbocycles. The molecule has 2 aromatic rings. The number of carboxylic acids is 2. The molecule has 13 unspecified atom stereocenters. The van der Waals surface area contributed by atoms with Crippen LogP contribution in [0, 0.1) is 0 Å². The summed E-state index contributed by atoms with van der Waals surface area (Å²) in [5.74, 6) is -5.53. The van der Waals surface area contributed by atoms with Gasteiger partial charge in [0.2, 0.25) is 23.6 Å². The highest BCUT2D eigenvalue weighted by Gasteiger charge is 2.59. The minimum absolute atomic E-state index is 0.000557. The lowest BCUT2D eigenvalue weighted by Crippen LogP contribution is -2.68. The quantitative estimate of drug-likeness (QED) is 0.0166. The third-order valence-electron chi connectivity index (χ3n) is 22.1. The molecule has 6 saturated heterocycles. The van der Waals surface area contributed by atoms with Crippen LogP contribution in [0.5, 0.6) is 0 Å². The number of fused-ring (bicyclic) bond motifs is 1. The number of nitrogens with zero attached hydrogens (tertiary/aromatic N) is 1. The second-order valence-corrected chi connectivity index (χ2v) is 40.3. The molecule has 812 valence electrons. The fraction of sp³-hybridized carbons (Fsp3) is 0.732. The van der Waals surface area contributed by atoms with Crippen LogP contribution in [0.1, 0.15) is 44.9 Å². The second-order valence-electron chi connectivity index (χ2n) is 32.4. The molecule has 0 radical (unpaired) electrons. The van der Waals surface area contributed by atoms with Gasteiger partial charge >= 0.3 is 80.2 Å². The highest BCUT2D eigenvalue weighted by molar-refractivity contribution is 8.00. The summed E-state index contributed by atoms with van der Waals surface area (Å²) in [5, 5.41) is 176. The zero-order valence-corrected chi connectivity index (χ0v) is 79.9. The van der Waals surface area contributed by atoms with Gasteiger partial charge < -0.3 is 166 Å². The Morgan fingerprint density at radius 2 is 0.873 bits per heavy atom. The number of carbonyl (C=O) groups excluding carboxylic acids is 5. The molecule has 0 aliphatic carbocycles. The molecular weight excluding hydrogens is 2080 g/mol. The third-order valence-corrected chi connectivity index (χ3v) is 26.5. The molecule has 31 atom stereocenters. The van der Waals surface area contributed by atoms with Gasteiger partial charge in [0, 0.05) is 119 Å². The van der Waals surface area contributed by atoms with E-state index in [0.29, 0.717) is 12.8 Å². The Labute approximate surface area is 812 Å². The van der Waals surface area contributed by atoms with E-state index in [1.807, 2.05) is 0 Å². The van der Waals surface area contributed by atoms with Gasteiger partial charge in [-0.2, -0.15) is 71.7 Å². The summed E-state index contributed by atoms with van der Waals surface area (Å²) in [6.07, 6.45) is -60.6. The minimum Gasteiger partial charge on any atom is -0.479 e. The number of aliphatic hydroxyl groups is 12. The minimum atomic E-state index is -5.78. The van der Waals surface area contributed by atoms with Crippen LogP contribution in [0.3, 0.4) is 0 Å². The zero-order chi connectivity index (χ0) is 106. The predicted octanol–water partition coefficient (Wildman–Crippen LogP) is -12.7. The van der Waals surface area contributed by atoms with Crippen molar-refractivity contribution in [3.8, 4) is 0 Å². The lowest BCUT2D eigenvalue weighted by molar-refractivity contribution is -0.340. The monoisotopic (exact) mass is 2190 g/mol. The number of carboxylic acid groups (broad SMARTS) is 2. The number of amides is 6. The predicted molar refractivity (Wildman–Crippen MR) is 467 cm³/mol. The number of anilines is 4. The first-order valence-electron chi connectivity index (χ1n) is 42.3. The van der Waals surface area contributed by atoms with Crippen LogP contribution >= 0.6 is 11.8 Å². The van der Waals surface area contributed by atoms with Crippen molar-refractivity contribution in [1.82, 2.24) is 35.6 Å². The van der Waals surface area contributed by atoms with Gasteiger partial charge in [-0.1, -0.05) is 18.6 Å². The van der Waals surface area contributed by atoms with E-state index in [4.69, 9.17) is 56.5 Å². The number of urea groups is 1. The van der Waals surface area contributed by atoms with Crippen molar-refractivity contribution in [1.29, 1.82) is 0 Å². The number of aliphatic hydroxyl groups excluding tert-OH is 12. The number of rotatable bonds is 59. The van der Waals surface area contributed by atoms with Crippen LogP contribution in [-0.4, -0.2) is 477 Å². The van der Waals surface area contributed by atoms with Gasteiger partial charge in [0.05, 0.1) is 50.7 Å². The van der Waals surface area contributed by atoms with Crippen LogP contribution in [0.25, 0.3) is 0 Å². The average Bonchev–Trinajstić information content (AvgIpc) is 1.10. The number of benzene rings is 2. The molecule has 6 aliphatic heterocycles. The molecule has 0 aromatic heterocycles. The average molecular weight is 2190 g/mol. The Morgan fingerprint density at radius 1 is 0.472 bits per heavy atom. The highest BCUT2D eigenvalue weighted by Crippen LogP contribution is 2.38. The third kappa shape index (κ3) is 37.9. The van der Waals surface area contributed by atoms with Crippen molar-refractivity contribution >= 4 is 138 Å². The molecule has 0 spiro atoms. The van der Waals surface area contributed by atoms with Crippen LogP contribution in [0.15, 0.2) is 48.5 Å². The number of aliphatic carboxylic acids is 2. The Kier molecular flexibility index (Phi) is 45.3. The molecule has 2 aromatic carbocycles. The summed E-state index contributed by atoms with van der Waals surface area (Å²) in [7, 11) is -31.3. The maximum absolute atomic E-state index is 13.7. The lowest BCUT2D eigenvalue weighted by atomic mass is 9.95. The number of hydrogen-bond acceptors (Lipinski definition) is 49. The van der Waals surface area contributed by atoms with E-state index in [-0.39, 0.29) is 110 Å². The first-order valence-corrected chi connectivity index (χ1v) is 51.7. The van der Waals surface area contributed by atoms with Crippen LogP contribution in [-0.2, 0) is 155 Å². The van der Waals surface area contributed by atoms with Crippen molar-refractivity contribution < 1.29 is 247 Å². The van der Waals surface area contributed by atoms with E-state index in [1.54, 1.807) is 16.7 Å². The number of methoxy groups -OCH3 is 2. The molecule has 6 fully saturated rings. The summed E-state index contributed by atoms with van der Waals surface area (Å²) in [6.45, 7) is -6.76. The number of ether oxygens (including phenoxy) is 10. The molecule has 30 N–H and O–H groups in total. The van der Waals surface area contributed by atoms with Gasteiger partial charge in [-0.25, -0.2) is 31.1 Å². The maximum Gasteiger partial charge on any atom is 0.397 e. The highest BCUT2D eigenvalue weighted by atomic mass is 32.3. The fourth-order valence-electron chi connectivity index (χ4n) is 15.3. The Bertz CT molecular complexity index is 4960. The van der Waals surface area contributed by atoms with E-state index in [2.05, 4.69) is 59.3 Å². The molecule has 6 heterocycles. The van der Waals surface area contributed by atoms with Crippen molar-refractivity contribution in [2.75, 3.05) is 113 Å². The molecule has 64 nitrogen and oxygen atoms in total.